The molecule has 1 aromatic heterocycles. The largest absolute Gasteiger partial charge is 0.323 e. The van der Waals surface area contributed by atoms with Gasteiger partial charge in [0.05, 0.1) is 0 Å². The van der Waals surface area contributed by atoms with Crippen LogP contribution in [0.1, 0.15) is 30.6 Å². The van der Waals surface area contributed by atoms with Crippen LogP contribution in [0.15, 0.2) is 40.1 Å². The van der Waals surface area contributed by atoms with E-state index in [2.05, 4.69) is 29.4 Å². The number of nitrogens with two attached hydrogens (primary N) is 1. The van der Waals surface area contributed by atoms with Crippen LogP contribution in [-0.2, 0) is 0 Å². The van der Waals surface area contributed by atoms with Crippen molar-refractivity contribution in [3.63, 3.8) is 0 Å². The van der Waals surface area contributed by atoms with Crippen molar-refractivity contribution in [3.05, 3.63) is 47.0 Å². The van der Waals surface area contributed by atoms with E-state index in [0.29, 0.717) is 5.25 Å². The van der Waals surface area contributed by atoms with E-state index in [1.807, 2.05) is 25.1 Å². The van der Waals surface area contributed by atoms with Crippen molar-refractivity contribution >= 4 is 23.1 Å². The molecule has 1 heterocycles. The molecule has 0 amide bonds. The standard InChI is InChI=1S/C14H18N2S2/c1-3-12(18-14-16-10(2)9-17-14)13(15)11-7-5-4-6-8-11/h4-9,12-13H,3,15H2,1-2H3. The van der Waals surface area contributed by atoms with Gasteiger partial charge in [-0.05, 0) is 18.9 Å². The third-order valence-corrected chi connectivity index (χ3v) is 5.39. The lowest BCUT2D eigenvalue weighted by atomic mass is 10.0. The second-order valence-corrected chi connectivity index (χ2v) is 6.60. The molecule has 2 aromatic rings. The zero-order valence-electron chi connectivity index (χ0n) is 10.7. The topological polar surface area (TPSA) is 38.9 Å². The van der Waals surface area contributed by atoms with E-state index in [4.69, 9.17) is 5.73 Å². The number of aryl methyl sites for hydroxylation is 1. The summed E-state index contributed by atoms with van der Waals surface area (Å²) in [5.74, 6) is 0. The highest BCUT2D eigenvalue weighted by atomic mass is 32.2. The molecule has 0 radical (unpaired) electrons. The predicted octanol–water partition coefficient (Wildman–Crippen LogP) is 4.02. The molecule has 0 aliphatic heterocycles. The van der Waals surface area contributed by atoms with E-state index in [1.54, 1.807) is 23.1 Å². The molecule has 2 unspecified atom stereocenters. The van der Waals surface area contributed by atoms with Crippen LogP contribution in [-0.4, -0.2) is 10.2 Å². The molecule has 4 heteroatoms. The Morgan fingerprint density at radius 1 is 1.33 bits per heavy atom. The number of rotatable bonds is 5. The van der Waals surface area contributed by atoms with Gasteiger partial charge in [0.25, 0.3) is 0 Å². The Morgan fingerprint density at radius 2 is 2.06 bits per heavy atom. The van der Waals surface area contributed by atoms with Crippen molar-refractivity contribution in [2.75, 3.05) is 0 Å². The minimum atomic E-state index is 0.0606. The number of hydrogen-bond donors (Lipinski definition) is 1. The summed E-state index contributed by atoms with van der Waals surface area (Å²) in [6.45, 7) is 4.21. The lowest BCUT2D eigenvalue weighted by Gasteiger charge is -2.21. The first-order chi connectivity index (χ1) is 8.70. The molecule has 0 fully saturated rings. The number of thioether (sulfide) groups is 1. The summed E-state index contributed by atoms with van der Waals surface area (Å²) in [4.78, 5) is 4.50. The van der Waals surface area contributed by atoms with E-state index in [9.17, 15) is 0 Å². The maximum atomic E-state index is 6.36. The maximum Gasteiger partial charge on any atom is 0.150 e. The molecule has 0 saturated heterocycles. The summed E-state index contributed by atoms with van der Waals surface area (Å²) in [5.41, 5.74) is 8.65. The molecular weight excluding hydrogens is 260 g/mol. The third-order valence-electron chi connectivity index (χ3n) is 2.84. The third kappa shape index (κ3) is 3.34. The van der Waals surface area contributed by atoms with E-state index in [1.165, 1.54) is 5.56 Å². The van der Waals surface area contributed by atoms with Gasteiger partial charge in [-0.15, -0.1) is 11.3 Å². The zero-order chi connectivity index (χ0) is 13.0. The van der Waals surface area contributed by atoms with Crippen LogP contribution in [0.2, 0.25) is 0 Å². The van der Waals surface area contributed by atoms with Crippen LogP contribution < -0.4 is 5.73 Å². The molecule has 96 valence electrons. The first-order valence-corrected chi connectivity index (χ1v) is 7.86. The predicted molar refractivity (Wildman–Crippen MR) is 80.2 cm³/mol. The Balaban J connectivity index is 2.09. The summed E-state index contributed by atoms with van der Waals surface area (Å²) < 4.78 is 1.12. The fourth-order valence-corrected chi connectivity index (χ4v) is 4.00. The highest BCUT2D eigenvalue weighted by molar-refractivity contribution is 8.01. The van der Waals surface area contributed by atoms with E-state index < -0.39 is 0 Å². The van der Waals surface area contributed by atoms with Gasteiger partial charge in [-0.25, -0.2) is 4.98 Å². The molecule has 0 saturated carbocycles. The van der Waals surface area contributed by atoms with Crippen molar-refractivity contribution in [1.82, 2.24) is 4.98 Å². The molecule has 2 nitrogen and oxygen atoms in total. The molecule has 0 bridgehead atoms. The highest BCUT2D eigenvalue weighted by Gasteiger charge is 2.20. The first kappa shape index (κ1) is 13.6. The Morgan fingerprint density at radius 3 is 2.61 bits per heavy atom. The maximum absolute atomic E-state index is 6.36. The fraction of sp³-hybridized carbons (Fsp3) is 0.357. The van der Waals surface area contributed by atoms with Crippen LogP contribution in [0.3, 0.4) is 0 Å². The lowest BCUT2D eigenvalue weighted by molar-refractivity contribution is 0.656. The van der Waals surface area contributed by atoms with E-state index >= 15 is 0 Å². The van der Waals surface area contributed by atoms with Crippen LogP contribution >= 0.6 is 23.1 Å². The SMILES string of the molecule is CCC(Sc1nc(C)cs1)C(N)c1ccccc1. The summed E-state index contributed by atoms with van der Waals surface area (Å²) in [6.07, 6.45) is 1.04. The number of aromatic nitrogens is 1. The molecule has 0 aliphatic carbocycles. The summed E-state index contributed by atoms with van der Waals surface area (Å²) >= 11 is 3.50. The molecule has 0 aliphatic rings. The smallest absolute Gasteiger partial charge is 0.150 e. The fourth-order valence-electron chi connectivity index (χ4n) is 1.82. The minimum absolute atomic E-state index is 0.0606. The van der Waals surface area contributed by atoms with Gasteiger partial charge in [-0.1, -0.05) is 49.0 Å². The average Bonchev–Trinajstić information content (AvgIpc) is 2.82. The van der Waals surface area contributed by atoms with Crippen LogP contribution in [0, 0.1) is 6.92 Å². The van der Waals surface area contributed by atoms with Crippen molar-refractivity contribution < 1.29 is 0 Å². The number of thiazole rings is 1. The summed E-state index contributed by atoms with van der Waals surface area (Å²) in [7, 11) is 0. The van der Waals surface area contributed by atoms with Crippen LogP contribution in [0.5, 0.6) is 0 Å². The summed E-state index contributed by atoms with van der Waals surface area (Å²) in [6, 6.07) is 10.4. The monoisotopic (exact) mass is 278 g/mol. The molecule has 2 atom stereocenters. The van der Waals surface area contributed by atoms with Gasteiger partial charge in [0.2, 0.25) is 0 Å². The van der Waals surface area contributed by atoms with Gasteiger partial charge < -0.3 is 5.73 Å². The highest BCUT2D eigenvalue weighted by Crippen LogP contribution is 2.34. The average molecular weight is 278 g/mol. The number of nitrogens with zero attached hydrogens (tertiary/aromatic N) is 1. The van der Waals surface area contributed by atoms with Crippen LogP contribution in [0.25, 0.3) is 0 Å². The second kappa shape index (κ2) is 6.36. The Hall–Kier alpha value is -0.840. The number of benzene rings is 1. The van der Waals surface area contributed by atoms with E-state index in [-0.39, 0.29) is 6.04 Å². The van der Waals surface area contributed by atoms with Crippen molar-refractivity contribution in [2.24, 2.45) is 5.73 Å². The molecule has 18 heavy (non-hydrogen) atoms. The Bertz CT molecular complexity index is 482. The zero-order valence-corrected chi connectivity index (χ0v) is 12.3. The van der Waals surface area contributed by atoms with Crippen LogP contribution in [0.4, 0.5) is 0 Å². The van der Waals surface area contributed by atoms with Gasteiger partial charge >= 0.3 is 0 Å². The van der Waals surface area contributed by atoms with Gasteiger partial charge in [-0.3, -0.25) is 0 Å². The molecule has 2 rings (SSSR count). The number of hydrogen-bond acceptors (Lipinski definition) is 4. The van der Waals surface area contributed by atoms with Crippen molar-refractivity contribution in [2.45, 2.75) is 35.9 Å². The van der Waals surface area contributed by atoms with Gasteiger partial charge in [0.15, 0.2) is 0 Å². The van der Waals surface area contributed by atoms with Crippen molar-refractivity contribution in [1.29, 1.82) is 0 Å². The summed E-state index contributed by atoms with van der Waals surface area (Å²) in [5, 5.41) is 2.46. The minimum Gasteiger partial charge on any atom is -0.323 e. The van der Waals surface area contributed by atoms with E-state index in [0.717, 1.165) is 16.5 Å². The van der Waals surface area contributed by atoms with Crippen molar-refractivity contribution in [3.8, 4) is 0 Å². The van der Waals surface area contributed by atoms with Gasteiger partial charge in [0, 0.05) is 22.4 Å². The lowest BCUT2D eigenvalue weighted by Crippen LogP contribution is -2.23. The quantitative estimate of drug-likeness (QED) is 0.840. The second-order valence-electron chi connectivity index (χ2n) is 4.26. The van der Waals surface area contributed by atoms with Gasteiger partial charge in [0.1, 0.15) is 4.34 Å². The Labute approximate surface area is 117 Å². The Kier molecular flexibility index (Phi) is 4.80. The normalized spacial score (nSPS) is 14.4. The molecular formula is C14H18N2S2. The molecule has 0 spiro atoms. The van der Waals surface area contributed by atoms with Gasteiger partial charge in [-0.2, -0.15) is 0 Å². The first-order valence-electron chi connectivity index (χ1n) is 6.10. The molecule has 2 N–H and O–H groups in total. The molecule has 1 aromatic carbocycles.